The van der Waals surface area contributed by atoms with Gasteiger partial charge in [-0.05, 0) is 59.7 Å². The lowest BCUT2D eigenvalue weighted by Crippen LogP contribution is -2.41. The lowest BCUT2D eigenvalue weighted by molar-refractivity contribution is -0.118. The number of fused-ring (bicyclic) bond motifs is 1. The van der Waals surface area contributed by atoms with Crippen molar-refractivity contribution in [1.82, 2.24) is 4.72 Å². The largest absolute Gasteiger partial charge is 0.378 e. The second-order valence-corrected chi connectivity index (χ2v) is 10.5. The van der Waals surface area contributed by atoms with E-state index in [0.717, 1.165) is 10.8 Å². The second kappa shape index (κ2) is 9.14. The Labute approximate surface area is 202 Å². The number of nitrogens with zero attached hydrogens (tertiary/aromatic N) is 2. The van der Waals surface area contributed by atoms with E-state index in [2.05, 4.69) is 4.72 Å². The van der Waals surface area contributed by atoms with Crippen LogP contribution in [0.1, 0.15) is 6.42 Å². The number of carbonyl (C=O) groups is 1. The Hall–Kier alpha value is -2.72. The van der Waals surface area contributed by atoms with Gasteiger partial charge in [0.05, 0.1) is 23.8 Å². The number of morpholine rings is 1. The molecule has 0 spiro atoms. The highest BCUT2D eigenvalue weighted by molar-refractivity contribution is 7.89. The summed E-state index contributed by atoms with van der Waals surface area (Å²) in [5, 5.41) is 2.10. The molecular formula is C24H23ClFN3O4S. The summed E-state index contributed by atoms with van der Waals surface area (Å²) in [5.41, 5.74) is 0.873. The van der Waals surface area contributed by atoms with E-state index < -0.39 is 27.8 Å². The van der Waals surface area contributed by atoms with Gasteiger partial charge >= 0.3 is 0 Å². The minimum absolute atomic E-state index is 0.0643. The van der Waals surface area contributed by atoms with Crippen molar-refractivity contribution in [3.63, 3.8) is 0 Å². The third kappa shape index (κ3) is 4.48. The van der Waals surface area contributed by atoms with Gasteiger partial charge < -0.3 is 14.5 Å². The number of hydrogen-bond donors (Lipinski definition) is 1. The molecule has 3 aromatic carbocycles. The molecule has 2 aliphatic rings. The Balaban J connectivity index is 1.32. The van der Waals surface area contributed by atoms with Crippen molar-refractivity contribution < 1.29 is 22.3 Å². The molecule has 2 heterocycles. The van der Waals surface area contributed by atoms with Crippen LogP contribution < -0.4 is 14.5 Å². The molecule has 2 aliphatic heterocycles. The number of hydrogen-bond acceptors (Lipinski definition) is 5. The first-order valence-electron chi connectivity index (χ1n) is 11.0. The van der Waals surface area contributed by atoms with Crippen LogP contribution in [0, 0.1) is 5.82 Å². The Morgan fingerprint density at radius 1 is 0.971 bits per heavy atom. The maximum absolute atomic E-state index is 14.8. The summed E-state index contributed by atoms with van der Waals surface area (Å²) in [5.74, 6) is -0.831. The molecule has 5 rings (SSSR count). The van der Waals surface area contributed by atoms with Crippen molar-refractivity contribution in [2.75, 3.05) is 42.6 Å². The molecule has 0 aromatic heterocycles. The molecule has 2 saturated heterocycles. The Kier molecular flexibility index (Phi) is 6.20. The maximum atomic E-state index is 14.8. The van der Waals surface area contributed by atoms with Gasteiger partial charge in [0.25, 0.3) is 0 Å². The summed E-state index contributed by atoms with van der Waals surface area (Å²) in [4.78, 5) is 16.4. The van der Waals surface area contributed by atoms with Crippen LogP contribution in [0.4, 0.5) is 15.8 Å². The Bertz CT molecular complexity index is 1360. The average Bonchev–Trinajstić information content (AvgIpc) is 3.18. The Morgan fingerprint density at radius 3 is 2.47 bits per heavy atom. The van der Waals surface area contributed by atoms with E-state index in [9.17, 15) is 17.6 Å². The molecule has 7 nitrogen and oxygen atoms in total. The second-order valence-electron chi connectivity index (χ2n) is 8.34. The van der Waals surface area contributed by atoms with E-state index in [4.69, 9.17) is 16.3 Å². The van der Waals surface area contributed by atoms with Gasteiger partial charge in [-0.2, -0.15) is 4.72 Å². The first-order chi connectivity index (χ1) is 16.3. The van der Waals surface area contributed by atoms with Crippen molar-refractivity contribution in [3.05, 3.63) is 65.4 Å². The third-order valence-corrected chi connectivity index (χ3v) is 7.89. The molecule has 34 heavy (non-hydrogen) atoms. The molecular weight excluding hydrogens is 481 g/mol. The molecule has 1 atom stereocenters. The van der Waals surface area contributed by atoms with Crippen molar-refractivity contribution in [2.45, 2.75) is 17.4 Å². The molecule has 0 bridgehead atoms. The van der Waals surface area contributed by atoms with E-state index in [-0.39, 0.29) is 11.3 Å². The molecule has 3 aromatic rings. The van der Waals surface area contributed by atoms with Gasteiger partial charge in [0, 0.05) is 30.3 Å². The van der Waals surface area contributed by atoms with E-state index in [1.165, 1.54) is 17.0 Å². The SMILES string of the molecule is O=C1[C@@H](NS(=O)(=O)c2ccc3cc(Cl)ccc3c2)CCN1c1ccc(N2CCOCC2)c(F)c1. The van der Waals surface area contributed by atoms with Crippen LogP contribution in [0.3, 0.4) is 0 Å². The summed E-state index contributed by atoms with van der Waals surface area (Å²) < 4.78 is 48.6. The fraction of sp³-hybridized carbons (Fsp3) is 0.292. The van der Waals surface area contributed by atoms with E-state index in [0.29, 0.717) is 49.2 Å². The van der Waals surface area contributed by atoms with Crippen molar-refractivity contribution >= 4 is 49.7 Å². The van der Waals surface area contributed by atoms with Crippen LogP contribution in [0.5, 0.6) is 0 Å². The van der Waals surface area contributed by atoms with Gasteiger partial charge in [-0.1, -0.05) is 23.7 Å². The number of carbonyl (C=O) groups excluding carboxylic acids is 1. The van der Waals surface area contributed by atoms with Crippen LogP contribution >= 0.6 is 11.6 Å². The fourth-order valence-corrected chi connectivity index (χ4v) is 5.83. The third-order valence-electron chi connectivity index (χ3n) is 6.18. The van der Waals surface area contributed by atoms with Gasteiger partial charge in [0.15, 0.2) is 0 Å². The standard InChI is InChI=1S/C24H23ClFN3O4S/c25-18-3-1-17-14-20(5-2-16(17)13-18)34(31,32)27-22-7-8-29(24(22)30)19-4-6-23(21(26)15-19)28-9-11-33-12-10-28/h1-6,13-15,22,27H,7-12H2/t22-/m0/s1. The first kappa shape index (κ1) is 23.0. The fourth-order valence-electron chi connectivity index (χ4n) is 4.39. The van der Waals surface area contributed by atoms with Crippen LogP contribution in [0.2, 0.25) is 5.02 Å². The predicted octanol–water partition coefficient (Wildman–Crippen LogP) is 3.55. The number of rotatable bonds is 5. The molecule has 0 radical (unpaired) electrons. The molecule has 0 aliphatic carbocycles. The minimum Gasteiger partial charge on any atom is -0.378 e. The normalized spacial score (nSPS) is 19.2. The van der Waals surface area contributed by atoms with Crippen LogP contribution in [-0.4, -0.2) is 53.2 Å². The molecule has 2 fully saturated rings. The lowest BCUT2D eigenvalue weighted by Gasteiger charge is -2.29. The highest BCUT2D eigenvalue weighted by Gasteiger charge is 2.36. The number of sulfonamides is 1. The van der Waals surface area contributed by atoms with E-state index in [1.54, 1.807) is 42.5 Å². The predicted molar refractivity (Wildman–Crippen MR) is 129 cm³/mol. The Morgan fingerprint density at radius 2 is 1.71 bits per heavy atom. The monoisotopic (exact) mass is 503 g/mol. The topological polar surface area (TPSA) is 79.0 Å². The highest BCUT2D eigenvalue weighted by Crippen LogP contribution is 2.29. The average molecular weight is 504 g/mol. The quantitative estimate of drug-likeness (QED) is 0.576. The zero-order valence-corrected chi connectivity index (χ0v) is 19.8. The summed E-state index contributed by atoms with van der Waals surface area (Å²) >= 11 is 6.00. The van der Waals surface area contributed by atoms with E-state index in [1.807, 2.05) is 4.90 Å². The van der Waals surface area contributed by atoms with Crippen LogP contribution in [0.15, 0.2) is 59.5 Å². The number of ether oxygens (including phenoxy) is 1. The zero-order chi connectivity index (χ0) is 23.9. The van der Waals surface area contributed by atoms with Crippen LogP contribution in [0.25, 0.3) is 10.8 Å². The molecule has 0 saturated carbocycles. The molecule has 1 N–H and O–H groups in total. The molecule has 10 heteroatoms. The summed E-state index contributed by atoms with van der Waals surface area (Å²) in [6, 6.07) is 13.6. The smallest absolute Gasteiger partial charge is 0.245 e. The summed E-state index contributed by atoms with van der Waals surface area (Å²) in [6.07, 6.45) is 0.286. The number of benzene rings is 3. The molecule has 0 unspecified atom stereocenters. The number of halogens is 2. The maximum Gasteiger partial charge on any atom is 0.245 e. The van der Waals surface area contributed by atoms with Gasteiger partial charge in [-0.25, -0.2) is 12.8 Å². The first-order valence-corrected chi connectivity index (χ1v) is 12.8. The van der Waals surface area contributed by atoms with E-state index >= 15 is 0 Å². The van der Waals surface area contributed by atoms with Crippen molar-refractivity contribution in [1.29, 1.82) is 0 Å². The summed E-state index contributed by atoms with van der Waals surface area (Å²) in [6.45, 7) is 2.57. The van der Waals surface area contributed by atoms with Gasteiger partial charge in [-0.15, -0.1) is 0 Å². The lowest BCUT2D eigenvalue weighted by atomic mass is 10.1. The van der Waals surface area contributed by atoms with Gasteiger partial charge in [0.2, 0.25) is 15.9 Å². The number of nitrogens with one attached hydrogen (secondary N) is 1. The summed E-state index contributed by atoms with van der Waals surface area (Å²) in [7, 11) is -3.94. The van der Waals surface area contributed by atoms with Gasteiger partial charge in [-0.3, -0.25) is 4.79 Å². The number of amides is 1. The minimum atomic E-state index is -3.94. The molecule has 1 amide bonds. The van der Waals surface area contributed by atoms with Crippen molar-refractivity contribution in [2.24, 2.45) is 0 Å². The van der Waals surface area contributed by atoms with Gasteiger partial charge in [0.1, 0.15) is 11.9 Å². The molecule has 178 valence electrons. The zero-order valence-electron chi connectivity index (χ0n) is 18.2. The van der Waals surface area contributed by atoms with Crippen LogP contribution in [-0.2, 0) is 19.6 Å². The number of anilines is 2. The van der Waals surface area contributed by atoms with Crippen molar-refractivity contribution in [3.8, 4) is 0 Å². The highest BCUT2D eigenvalue weighted by atomic mass is 35.5.